The molecule has 8 heteroatoms. The minimum Gasteiger partial charge on any atom is -0.448 e. The van der Waals surface area contributed by atoms with E-state index in [-0.39, 0.29) is 70.4 Å². The van der Waals surface area contributed by atoms with Crippen LogP contribution in [0, 0.1) is 0 Å². The normalized spacial score (nSPS) is 19.2. The molecule has 1 saturated heterocycles. The van der Waals surface area contributed by atoms with E-state index in [9.17, 15) is 17.7 Å². The summed E-state index contributed by atoms with van der Waals surface area (Å²) >= 11 is 0. The van der Waals surface area contributed by atoms with E-state index in [0.29, 0.717) is 6.54 Å². The molecule has 0 bridgehead atoms. The van der Waals surface area contributed by atoms with Gasteiger partial charge in [0.25, 0.3) is 0 Å². The molecule has 0 aromatic heterocycles. The van der Waals surface area contributed by atoms with Gasteiger partial charge in [0, 0.05) is 13.1 Å². The van der Waals surface area contributed by atoms with E-state index >= 15 is 0 Å². The summed E-state index contributed by atoms with van der Waals surface area (Å²) in [4.78, 5) is 11.8. The summed E-state index contributed by atoms with van der Waals surface area (Å²) in [7, 11) is 0. The number of hydrogen-bond donors (Lipinski definition) is 1. The molecule has 0 spiro atoms. The van der Waals surface area contributed by atoms with Crippen LogP contribution in [-0.2, 0) is 4.79 Å². The molecule has 3 nitrogen and oxygen atoms in total. The summed E-state index contributed by atoms with van der Waals surface area (Å²) in [5.74, 6) is -0.332. The second-order valence-corrected chi connectivity index (χ2v) is 2.80. The maximum atomic E-state index is 11.9. The van der Waals surface area contributed by atoms with Gasteiger partial charge in [-0.1, -0.05) is 0 Å². The molecular weight excluding hydrogens is 211 g/mol. The van der Waals surface area contributed by atoms with E-state index in [4.69, 9.17) is 0 Å². The van der Waals surface area contributed by atoms with Gasteiger partial charge in [0.05, 0.1) is 6.54 Å². The molecule has 1 N–H and O–H groups in total. The van der Waals surface area contributed by atoms with Crippen molar-refractivity contribution in [1.29, 1.82) is 0 Å². The minimum atomic E-state index is -4.80. The first-order valence-electron chi connectivity index (χ1n) is 3.67. The Morgan fingerprint density at radius 2 is 2.08 bits per heavy atom. The Bertz CT molecular complexity index is 189. The molecule has 1 aliphatic heterocycles. The van der Waals surface area contributed by atoms with Gasteiger partial charge in [-0.2, -0.15) is 0 Å². The van der Waals surface area contributed by atoms with Crippen molar-refractivity contribution >= 4 is 12.9 Å². The fourth-order valence-corrected chi connectivity index (χ4v) is 1.14. The summed E-state index contributed by atoms with van der Waals surface area (Å²) in [6.07, 6.45) is -0.937. The molecule has 0 aromatic carbocycles. The van der Waals surface area contributed by atoms with Crippen LogP contribution < -0.4 is 56.7 Å². The molecule has 70 valence electrons. The fourth-order valence-electron chi connectivity index (χ4n) is 1.14. The molecule has 1 aliphatic rings. The SMILES string of the molecule is O=C1CN(C[B-](F)(F)F)CCN1.[K+]. The van der Waals surface area contributed by atoms with E-state index < -0.39 is 13.4 Å². The third kappa shape index (κ3) is 6.08. The zero-order chi connectivity index (χ0) is 9.19. The monoisotopic (exact) mass is 220 g/mol. The zero-order valence-corrected chi connectivity index (χ0v) is 10.5. The third-order valence-electron chi connectivity index (χ3n) is 1.58. The number of piperazine rings is 1. The van der Waals surface area contributed by atoms with Crippen molar-refractivity contribution in [3.8, 4) is 0 Å². The fraction of sp³-hybridized carbons (Fsp3) is 0.800. The van der Waals surface area contributed by atoms with Gasteiger partial charge in [-0.15, -0.1) is 0 Å². The van der Waals surface area contributed by atoms with Crippen molar-refractivity contribution in [1.82, 2.24) is 10.2 Å². The van der Waals surface area contributed by atoms with E-state index in [1.807, 2.05) is 0 Å². The molecule has 0 aliphatic carbocycles. The van der Waals surface area contributed by atoms with Crippen molar-refractivity contribution in [2.24, 2.45) is 0 Å². The predicted octanol–water partition coefficient (Wildman–Crippen LogP) is -3.19. The second kappa shape index (κ2) is 5.72. The van der Waals surface area contributed by atoms with Crippen LogP contribution in [0.2, 0.25) is 0 Å². The first kappa shape index (κ1) is 13.9. The summed E-state index contributed by atoms with van der Waals surface area (Å²) in [6, 6.07) is 0. The van der Waals surface area contributed by atoms with Gasteiger partial charge in [-0.3, -0.25) is 4.79 Å². The molecular formula is C5H9BF3KN2O. The summed E-state index contributed by atoms with van der Waals surface area (Å²) in [5.41, 5.74) is 0. The number of carbonyl (C=O) groups is 1. The van der Waals surface area contributed by atoms with Gasteiger partial charge < -0.3 is 23.2 Å². The Hall–Kier alpha value is 0.921. The van der Waals surface area contributed by atoms with Gasteiger partial charge in [-0.25, -0.2) is 0 Å². The van der Waals surface area contributed by atoms with E-state index in [1.54, 1.807) is 0 Å². The minimum absolute atomic E-state index is 0. The standard InChI is InChI=1S/C5H9BF3N2O.K/c7-6(8,9)4-11-2-1-10-5(12)3-11;/h1-4H2,(H,10,12);/q-1;+1. The van der Waals surface area contributed by atoms with Gasteiger partial charge in [0.1, 0.15) is 0 Å². The van der Waals surface area contributed by atoms with E-state index in [2.05, 4.69) is 5.32 Å². The number of nitrogens with zero attached hydrogens (tertiary/aromatic N) is 1. The van der Waals surface area contributed by atoms with E-state index in [1.165, 1.54) is 0 Å². The van der Waals surface area contributed by atoms with Gasteiger partial charge in [0.2, 0.25) is 5.91 Å². The van der Waals surface area contributed by atoms with Crippen LogP contribution in [-0.4, -0.2) is 43.9 Å². The molecule has 0 saturated carbocycles. The number of nitrogens with one attached hydrogen (secondary N) is 1. The van der Waals surface area contributed by atoms with Crippen LogP contribution in [0.25, 0.3) is 0 Å². The van der Waals surface area contributed by atoms with Gasteiger partial charge >= 0.3 is 58.4 Å². The van der Waals surface area contributed by atoms with Crippen LogP contribution in [0.1, 0.15) is 0 Å². The molecule has 1 amide bonds. The Morgan fingerprint density at radius 1 is 1.46 bits per heavy atom. The van der Waals surface area contributed by atoms with Crippen molar-refractivity contribution in [3.63, 3.8) is 0 Å². The first-order chi connectivity index (χ1) is 5.47. The van der Waals surface area contributed by atoms with Crippen molar-refractivity contribution < 1.29 is 69.1 Å². The van der Waals surface area contributed by atoms with Crippen molar-refractivity contribution in [3.05, 3.63) is 0 Å². The van der Waals surface area contributed by atoms with Crippen LogP contribution in [0.5, 0.6) is 0 Å². The van der Waals surface area contributed by atoms with Crippen LogP contribution in [0.15, 0.2) is 0 Å². The van der Waals surface area contributed by atoms with E-state index in [0.717, 1.165) is 4.90 Å². The Labute approximate surface area is 117 Å². The average Bonchev–Trinajstić information content (AvgIpc) is 1.82. The Morgan fingerprint density at radius 3 is 2.54 bits per heavy atom. The number of carbonyl (C=O) groups excluding carboxylic acids is 1. The Balaban J connectivity index is 0.00000144. The molecule has 0 radical (unpaired) electrons. The quantitative estimate of drug-likeness (QED) is 0.497. The Kier molecular flexibility index (Phi) is 6.12. The zero-order valence-electron chi connectivity index (χ0n) is 7.40. The molecule has 1 rings (SSSR count). The average molecular weight is 220 g/mol. The van der Waals surface area contributed by atoms with Crippen LogP contribution >= 0.6 is 0 Å². The molecule has 1 heterocycles. The number of hydrogen-bond acceptors (Lipinski definition) is 2. The van der Waals surface area contributed by atoms with Crippen LogP contribution in [0.3, 0.4) is 0 Å². The molecule has 13 heavy (non-hydrogen) atoms. The largest absolute Gasteiger partial charge is 1.00 e. The summed E-state index contributed by atoms with van der Waals surface area (Å²) in [6.45, 7) is -4.35. The van der Waals surface area contributed by atoms with Gasteiger partial charge in [-0.05, 0) is 6.44 Å². The first-order valence-corrected chi connectivity index (χ1v) is 3.67. The molecule has 0 unspecified atom stereocenters. The summed E-state index contributed by atoms with van der Waals surface area (Å²) < 4.78 is 35.6. The van der Waals surface area contributed by atoms with Crippen molar-refractivity contribution in [2.45, 2.75) is 0 Å². The van der Waals surface area contributed by atoms with Crippen LogP contribution in [0.4, 0.5) is 12.9 Å². The maximum absolute atomic E-state index is 11.9. The maximum Gasteiger partial charge on any atom is 1.00 e. The number of rotatable bonds is 2. The second-order valence-electron chi connectivity index (χ2n) is 2.80. The molecule has 0 atom stereocenters. The molecule has 0 aromatic rings. The smallest absolute Gasteiger partial charge is 0.448 e. The van der Waals surface area contributed by atoms with Gasteiger partial charge in [0.15, 0.2) is 0 Å². The number of halogens is 3. The molecule has 1 fully saturated rings. The third-order valence-corrected chi connectivity index (χ3v) is 1.58. The predicted molar refractivity (Wildman–Crippen MR) is 38.5 cm³/mol. The number of amides is 1. The topological polar surface area (TPSA) is 32.3 Å². The summed E-state index contributed by atoms with van der Waals surface area (Å²) in [5, 5.41) is 2.46. The van der Waals surface area contributed by atoms with Crippen molar-refractivity contribution in [2.75, 3.05) is 26.1 Å².